The van der Waals surface area contributed by atoms with Gasteiger partial charge in [0.05, 0.1) is 10.9 Å². The molecular weight excluding hydrogens is 369 g/mol. The highest BCUT2D eigenvalue weighted by molar-refractivity contribution is 7.16. The van der Waals surface area contributed by atoms with Gasteiger partial charge in [-0.1, -0.05) is 28.9 Å². The lowest BCUT2D eigenvalue weighted by atomic mass is 10.1. The lowest BCUT2D eigenvalue weighted by molar-refractivity contribution is -0.121. The van der Waals surface area contributed by atoms with E-state index in [4.69, 9.17) is 11.6 Å². The van der Waals surface area contributed by atoms with Crippen LogP contribution >= 0.6 is 22.9 Å². The third-order valence-corrected chi connectivity index (χ3v) is 4.66. The van der Waals surface area contributed by atoms with Crippen molar-refractivity contribution in [1.29, 1.82) is 0 Å². The van der Waals surface area contributed by atoms with Crippen LogP contribution in [0.1, 0.15) is 16.3 Å². The summed E-state index contributed by atoms with van der Waals surface area (Å²) in [5.41, 5.74) is 0.747. The Hall–Kier alpha value is -2.45. The maximum atomic E-state index is 13.0. The van der Waals surface area contributed by atoms with E-state index in [1.54, 1.807) is 18.2 Å². The predicted molar refractivity (Wildman–Crippen MR) is 91.1 cm³/mol. The van der Waals surface area contributed by atoms with Crippen molar-refractivity contribution in [2.24, 2.45) is 0 Å². The van der Waals surface area contributed by atoms with Crippen LogP contribution in [0.5, 0.6) is 0 Å². The molecule has 0 aliphatic rings. The summed E-state index contributed by atoms with van der Waals surface area (Å²) >= 11 is 7.20. The van der Waals surface area contributed by atoms with E-state index < -0.39 is 5.76 Å². The first-order valence-electron chi connectivity index (χ1n) is 7.32. The molecule has 1 amide bonds. The van der Waals surface area contributed by atoms with Crippen LogP contribution in [0.25, 0.3) is 0 Å². The van der Waals surface area contributed by atoms with Gasteiger partial charge in [-0.15, -0.1) is 11.3 Å². The summed E-state index contributed by atoms with van der Waals surface area (Å²) in [4.78, 5) is 24.8. The van der Waals surface area contributed by atoms with Gasteiger partial charge in [0.1, 0.15) is 12.4 Å². The second kappa shape index (κ2) is 7.62. The number of carbonyl (C=O) groups excluding carboxylic acids is 1. The molecule has 1 N–H and O–H groups in total. The fourth-order valence-corrected chi connectivity index (χ4v) is 3.22. The van der Waals surface area contributed by atoms with Gasteiger partial charge >= 0.3 is 5.76 Å². The highest BCUT2D eigenvalue weighted by Crippen LogP contribution is 2.20. The second-order valence-electron chi connectivity index (χ2n) is 5.24. The summed E-state index contributed by atoms with van der Waals surface area (Å²) in [5.74, 6) is -1.12. The minimum Gasteiger partial charge on any atom is -0.350 e. The Bertz CT molecular complexity index is 933. The van der Waals surface area contributed by atoms with Crippen LogP contribution in [0, 0.1) is 5.82 Å². The molecule has 1 aromatic carbocycles. The molecule has 0 spiro atoms. The minimum atomic E-state index is -0.716. The topological polar surface area (TPSA) is 77.1 Å². The maximum absolute atomic E-state index is 13.0. The van der Waals surface area contributed by atoms with Gasteiger partial charge in [-0.2, -0.15) is 0 Å². The molecule has 3 rings (SSSR count). The summed E-state index contributed by atoms with van der Waals surface area (Å²) in [7, 11) is 0. The summed E-state index contributed by atoms with van der Waals surface area (Å²) in [6.45, 7) is 0.113. The van der Waals surface area contributed by atoms with Crippen molar-refractivity contribution in [1.82, 2.24) is 15.0 Å². The van der Waals surface area contributed by atoms with E-state index in [2.05, 4.69) is 15.0 Å². The van der Waals surface area contributed by atoms with E-state index in [9.17, 15) is 14.0 Å². The molecule has 0 radical (unpaired) electrons. The van der Waals surface area contributed by atoms with Gasteiger partial charge in [-0.05, 0) is 29.8 Å². The van der Waals surface area contributed by atoms with Crippen molar-refractivity contribution in [2.75, 3.05) is 0 Å². The molecule has 0 aliphatic carbocycles. The van der Waals surface area contributed by atoms with E-state index in [1.807, 2.05) is 6.07 Å². The fourth-order valence-electron chi connectivity index (χ4n) is 2.20. The van der Waals surface area contributed by atoms with Gasteiger partial charge in [-0.3, -0.25) is 13.9 Å². The molecule has 3 aromatic rings. The van der Waals surface area contributed by atoms with Crippen molar-refractivity contribution >= 4 is 28.8 Å². The molecule has 0 bridgehead atoms. The van der Waals surface area contributed by atoms with E-state index in [0.717, 1.165) is 15.0 Å². The number of nitrogens with zero attached hydrogens (tertiary/aromatic N) is 2. The quantitative estimate of drug-likeness (QED) is 0.712. The molecule has 0 saturated carbocycles. The monoisotopic (exact) mass is 381 g/mol. The van der Waals surface area contributed by atoms with Crippen molar-refractivity contribution in [3.8, 4) is 0 Å². The molecule has 9 heteroatoms. The smallest absolute Gasteiger partial charge is 0.350 e. The first kappa shape index (κ1) is 17.4. The molecule has 130 valence electrons. The largest absolute Gasteiger partial charge is 0.442 e. The Balaban J connectivity index is 1.65. The predicted octanol–water partition coefficient (Wildman–Crippen LogP) is 2.60. The van der Waals surface area contributed by atoms with Crippen molar-refractivity contribution < 1.29 is 13.7 Å². The normalized spacial score (nSPS) is 10.8. The lowest BCUT2D eigenvalue weighted by Crippen LogP contribution is -2.31. The maximum Gasteiger partial charge on any atom is 0.442 e. The van der Waals surface area contributed by atoms with E-state index in [0.29, 0.717) is 16.7 Å². The number of carbonyl (C=O) groups is 1. The SMILES string of the molecule is O=C(Cn1c(Cc2ccc(F)cc2)noc1=O)NCc1ccc(Cl)s1. The number of amides is 1. The van der Waals surface area contributed by atoms with Crippen molar-refractivity contribution in [3.05, 3.63) is 73.4 Å². The van der Waals surface area contributed by atoms with Gasteiger partial charge in [0.15, 0.2) is 5.82 Å². The number of halogens is 2. The summed E-state index contributed by atoms with van der Waals surface area (Å²) < 4.78 is 19.4. The summed E-state index contributed by atoms with van der Waals surface area (Å²) in [6.07, 6.45) is 0.250. The Labute approximate surface area is 150 Å². The van der Waals surface area contributed by atoms with Gasteiger partial charge in [0, 0.05) is 11.3 Å². The van der Waals surface area contributed by atoms with E-state index in [1.165, 1.54) is 23.5 Å². The van der Waals surface area contributed by atoms with Crippen molar-refractivity contribution in [2.45, 2.75) is 19.5 Å². The van der Waals surface area contributed by atoms with Crippen LogP contribution in [0.3, 0.4) is 0 Å². The number of hydrogen-bond donors (Lipinski definition) is 1. The number of hydrogen-bond acceptors (Lipinski definition) is 5. The molecule has 6 nitrogen and oxygen atoms in total. The minimum absolute atomic E-state index is 0.210. The number of rotatable bonds is 6. The van der Waals surface area contributed by atoms with Gasteiger partial charge in [-0.25, -0.2) is 9.18 Å². The van der Waals surface area contributed by atoms with E-state index in [-0.39, 0.29) is 24.7 Å². The van der Waals surface area contributed by atoms with Gasteiger partial charge in [0.2, 0.25) is 5.91 Å². The number of nitrogens with one attached hydrogen (secondary N) is 1. The summed E-state index contributed by atoms with van der Waals surface area (Å²) in [6, 6.07) is 9.37. The lowest BCUT2D eigenvalue weighted by Gasteiger charge is -2.06. The molecule has 2 aromatic heterocycles. The van der Waals surface area contributed by atoms with E-state index >= 15 is 0 Å². The van der Waals surface area contributed by atoms with Crippen LogP contribution in [0.4, 0.5) is 4.39 Å². The van der Waals surface area contributed by atoms with Gasteiger partial charge in [0.25, 0.3) is 0 Å². The third kappa shape index (κ3) is 4.55. The van der Waals surface area contributed by atoms with Crippen LogP contribution in [0.15, 0.2) is 45.7 Å². The van der Waals surface area contributed by atoms with Crippen LogP contribution < -0.4 is 11.1 Å². The molecule has 0 atom stereocenters. The average molecular weight is 382 g/mol. The third-order valence-electron chi connectivity index (χ3n) is 3.43. The number of thiophene rings is 1. The standard InChI is InChI=1S/C16H13ClFN3O3S/c17-13-6-5-12(25-13)8-19-15(22)9-21-14(20-24-16(21)23)7-10-1-3-11(18)4-2-10/h1-6H,7-9H2,(H,19,22). The first-order chi connectivity index (χ1) is 12.0. The number of benzene rings is 1. The Kier molecular flexibility index (Phi) is 5.30. The van der Waals surface area contributed by atoms with Crippen molar-refractivity contribution in [3.63, 3.8) is 0 Å². The van der Waals surface area contributed by atoms with Gasteiger partial charge < -0.3 is 5.32 Å². The van der Waals surface area contributed by atoms with Crippen LogP contribution in [0.2, 0.25) is 4.34 Å². The zero-order valence-corrected chi connectivity index (χ0v) is 14.4. The molecule has 0 fully saturated rings. The molecule has 0 unspecified atom stereocenters. The molecule has 0 saturated heterocycles. The Morgan fingerprint density at radius 2 is 2.04 bits per heavy atom. The molecule has 2 heterocycles. The summed E-state index contributed by atoms with van der Waals surface area (Å²) in [5, 5.41) is 6.40. The van der Waals surface area contributed by atoms with Crippen LogP contribution in [-0.2, 0) is 24.3 Å². The Morgan fingerprint density at radius 3 is 2.72 bits per heavy atom. The Morgan fingerprint density at radius 1 is 1.28 bits per heavy atom. The average Bonchev–Trinajstić information content (AvgIpc) is 3.15. The highest BCUT2D eigenvalue weighted by Gasteiger charge is 2.15. The first-order valence-corrected chi connectivity index (χ1v) is 8.51. The number of aromatic nitrogens is 2. The second-order valence-corrected chi connectivity index (χ2v) is 7.04. The molecule has 25 heavy (non-hydrogen) atoms. The fraction of sp³-hybridized carbons (Fsp3) is 0.188. The zero-order chi connectivity index (χ0) is 17.8. The highest BCUT2D eigenvalue weighted by atomic mass is 35.5. The molecular formula is C16H13ClFN3O3S. The van der Waals surface area contributed by atoms with Crippen LogP contribution in [-0.4, -0.2) is 15.6 Å². The zero-order valence-electron chi connectivity index (χ0n) is 12.9. The molecule has 0 aliphatic heterocycles.